The van der Waals surface area contributed by atoms with Gasteiger partial charge in [0.1, 0.15) is 5.76 Å². The molecular weight excluding hydrogens is 424 g/mol. The van der Waals surface area contributed by atoms with Crippen LogP contribution in [0.5, 0.6) is 0 Å². The van der Waals surface area contributed by atoms with E-state index in [-0.39, 0.29) is 11.8 Å². The molecular formula is C25H35ClN4O2. The average molecular weight is 459 g/mol. The number of nitrogens with one attached hydrogen (secondary N) is 1. The summed E-state index contributed by atoms with van der Waals surface area (Å²) in [6.07, 6.45) is 7.07. The number of halogens is 1. The Morgan fingerprint density at radius 2 is 1.75 bits per heavy atom. The van der Waals surface area contributed by atoms with E-state index in [0.717, 1.165) is 62.6 Å². The predicted molar refractivity (Wildman–Crippen MR) is 128 cm³/mol. The summed E-state index contributed by atoms with van der Waals surface area (Å²) in [4.78, 5) is 22.2. The summed E-state index contributed by atoms with van der Waals surface area (Å²) in [6, 6.07) is 7.54. The minimum Gasteiger partial charge on any atom is -0.441 e. The molecule has 0 saturated carbocycles. The van der Waals surface area contributed by atoms with Gasteiger partial charge in [0.2, 0.25) is 11.8 Å². The molecule has 1 amide bonds. The van der Waals surface area contributed by atoms with Crippen molar-refractivity contribution in [3.63, 3.8) is 0 Å². The Bertz CT molecular complexity index is 867. The first-order chi connectivity index (χ1) is 15.6. The normalized spacial score (nSPS) is 19.1. The molecule has 0 radical (unpaired) electrons. The highest BCUT2D eigenvalue weighted by Gasteiger charge is 2.26. The van der Waals surface area contributed by atoms with Crippen LogP contribution in [-0.2, 0) is 11.3 Å². The van der Waals surface area contributed by atoms with E-state index in [2.05, 4.69) is 15.1 Å². The lowest BCUT2D eigenvalue weighted by Gasteiger charge is -2.31. The average Bonchev–Trinajstić information content (AvgIpc) is 2.99. The van der Waals surface area contributed by atoms with Crippen molar-refractivity contribution >= 4 is 17.5 Å². The first kappa shape index (κ1) is 23.3. The minimum atomic E-state index is 0.124. The van der Waals surface area contributed by atoms with E-state index in [1.807, 2.05) is 31.2 Å². The molecule has 174 valence electrons. The number of carbonyl (C=O) groups excluding carboxylic acids is 1. The Kier molecular flexibility index (Phi) is 8.22. The van der Waals surface area contributed by atoms with Crippen LogP contribution in [0.3, 0.4) is 0 Å². The summed E-state index contributed by atoms with van der Waals surface area (Å²) in [5.41, 5.74) is 1.90. The van der Waals surface area contributed by atoms with Gasteiger partial charge in [-0.2, -0.15) is 0 Å². The molecule has 2 aliphatic rings. The summed E-state index contributed by atoms with van der Waals surface area (Å²) in [6.45, 7) is 8.64. The molecule has 2 saturated heterocycles. The Morgan fingerprint density at radius 3 is 2.44 bits per heavy atom. The van der Waals surface area contributed by atoms with Crippen LogP contribution in [0, 0.1) is 12.8 Å². The third-order valence-corrected chi connectivity index (χ3v) is 6.99. The van der Waals surface area contributed by atoms with Gasteiger partial charge >= 0.3 is 0 Å². The van der Waals surface area contributed by atoms with Crippen LogP contribution in [0.2, 0.25) is 5.02 Å². The van der Waals surface area contributed by atoms with Gasteiger partial charge in [-0.1, -0.05) is 24.4 Å². The van der Waals surface area contributed by atoms with E-state index in [1.54, 1.807) is 0 Å². The second-order valence-corrected chi connectivity index (χ2v) is 9.56. The molecule has 2 aromatic rings. The molecule has 0 unspecified atom stereocenters. The number of aryl methyl sites for hydroxylation is 1. The number of nitrogens with zero attached hydrogens (tertiary/aromatic N) is 3. The second kappa shape index (κ2) is 11.3. The van der Waals surface area contributed by atoms with Crippen LogP contribution in [0.4, 0.5) is 0 Å². The molecule has 0 spiro atoms. The van der Waals surface area contributed by atoms with Gasteiger partial charge < -0.3 is 14.6 Å². The van der Waals surface area contributed by atoms with E-state index >= 15 is 0 Å². The lowest BCUT2D eigenvalue weighted by Crippen LogP contribution is -2.42. The molecule has 1 aromatic carbocycles. The highest BCUT2D eigenvalue weighted by molar-refractivity contribution is 6.30. The van der Waals surface area contributed by atoms with Crippen LogP contribution < -0.4 is 5.32 Å². The summed E-state index contributed by atoms with van der Waals surface area (Å²) in [5.74, 6) is 1.83. The van der Waals surface area contributed by atoms with Gasteiger partial charge in [0.25, 0.3) is 0 Å². The molecule has 4 rings (SSSR count). The molecule has 1 N–H and O–H groups in total. The Hall–Kier alpha value is -1.89. The Labute approximate surface area is 196 Å². The summed E-state index contributed by atoms with van der Waals surface area (Å²) >= 11 is 5.98. The first-order valence-corrected chi connectivity index (χ1v) is 12.4. The van der Waals surface area contributed by atoms with Gasteiger partial charge in [0.05, 0.1) is 5.69 Å². The molecule has 2 aliphatic heterocycles. The molecule has 1 aromatic heterocycles. The number of carbonyl (C=O) groups is 1. The fraction of sp³-hybridized carbons (Fsp3) is 0.600. The van der Waals surface area contributed by atoms with Crippen molar-refractivity contribution in [2.75, 3.05) is 39.3 Å². The maximum Gasteiger partial charge on any atom is 0.226 e. The van der Waals surface area contributed by atoms with Crippen molar-refractivity contribution in [1.82, 2.24) is 20.1 Å². The standard InChI is InChI=1S/C25H35ClN4O2/c1-19-23(28-25(32-19)21-6-8-22(26)9-7-21)18-30-15-10-20(11-16-30)24(31)27-12-17-29-13-4-2-3-5-14-29/h6-9,20H,2-5,10-18H2,1H3,(H,27,31). The smallest absolute Gasteiger partial charge is 0.226 e. The number of amides is 1. The number of likely N-dealkylation sites (tertiary alicyclic amines) is 2. The molecule has 0 aliphatic carbocycles. The zero-order valence-electron chi connectivity index (χ0n) is 19.1. The second-order valence-electron chi connectivity index (χ2n) is 9.13. The zero-order chi connectivity index (χ0) is 22.3. The van der Waals surface area contributed by atoms with Crippen molar-refractivity contribution in [3.8, 4) is 11.5 Å². The summed E-state index contributed by atoms with van der Waals surface area (Å²) in [7, 11) is 0. The van der Waals surface area contributed by atoms with Crippen molar-refractivity contribution in [2.45, 2.75) is 52.0 Å². The summed E-state index contributed by atoms with van der Waals surface area (Å²) < 4.78 is 5.89. The van der Waals surface area contributed by atoms with Gasteiger partial charge in [0.15, 0.2) is 0 Å². The topological polar surface area (TPSA) is 61.6 Å². The van der Waals surface area contributed by atoms with Gasteiger partial charge in [-0.3, -0.25) is 9.69 Å². The molecule has 3 heterocycles. The third-order valence-electron chi connectivity index (χ3n) is 6.74. The maximum absolute atomic E-state index is 12.6. The van der Waals surface area contributed by atoms with E-state index in [0.29, 0.717) is 10.9 Å². The van der Waals surface area contributed by atoms with Gasteiger partial charge in [0, 0.05) is 36.1 Å². The van der Waals surface area contributed by atoms with Gasteiger partial charge in [-0.25, -0.2) is 4.98 Å². The highest BCUT2D eigenvalue weighted by atomic mass is 35.5. The number of aromatic nitrogens is 1. The number of rotatable bonds is 7. The fourth-order valence-corrected chi connectivity index (χ4v) is 4.82. The molecule has 0 atom stereocenters. The minimum absolute atomic E-state index is 0.124. The highest BCUT2D eigenvalue weighted by Crippen LogP contribution is 2.25. The van der Waals surface area contributed by atoms with Gasteiger partial charge in [-0.05, 0) is 83.1 Å². The number of benzene rings is 1. The summed E-state index contributed by atoms with van der Waals surface area (Å²) in [5, 5.41) is 3.88. The monoisotopic (exact) mass is 458 g/mol. The molecule has 6 nitrogen and oxygen atoms in total. The number of piperidine rings is 1. The van der Waals surface area contributed by atoms with E-state index < -0.39 is 0 Å². The zero-order valence-corrected chi connectivity index (χ0v) is 19.9. The largest absolute Gasteiger partial charge is 0.441 e. The van der Waals surface area contributed by atoms with Crippen molar-refractivity contribution in [2.24, 2.45) is 5.92 Å². The fourth-order valence-electron chi connectivity index (χ4n) is 4.70. The molecule has 32 heavy (non-hydrogen) atoms. The van der Waals surface area contributed by atoms with Crippen molar-refractivity contribution < 1.29 is 9.21 Å². The van der Waals surface area contributed by atoms with Gasteiger partial charge in [-0.15, -0.1) is 0 Å². The van der Waals surface area contributed by atoms with E-state index in [9.17, 15) is 4.79 Å². The van der Waals surface area contributed by atoms with Crippen LogP contribution in [0.1, 0.15) is 50.0 Å². The predicted octanol–water partition coefficient (Wildman–Crippen LogP) is 4.51. The molecule has 0 bridgehead atoms. The number of hydrogen-bond acceptors (Lipinski definition) is 5. The first-order valence-electron chi connectivity index (χ1n) is 12.0. The van der Waals surface area contributed by atoms with Crippen LogP contribution in [0.15, 0.2) is 28.7 Å². The van der Waals surface area contributed by atoms with Crippen LogP contribution in [-0.4, -0.2) is 60.0 Å². The Morgan fingerprint density at radius 1 is 1.06 bits per heavy atom. The third kappa shape index (κ3) is 6.33. The van der Waals surface area contributed by atoms with Crippen LogP contribution in [0.25, 0.3) is 11.5 Å². The molecule has 2 fully saturated rings. The Balaban J connectivity index is 1.21. The SMILES string of the molecule is Cc1oc(-c2ccc(Cl)cc2)nc1CN1CCC(C(=O)NCCN2CCCCCC2)CC1. The van der Waals surface area contributed by atoms with E-state index in [4.69, 9.17) is 21.0 Å². The maximum atomic E-state index is 12.6. The lowest BCUT2D eigenvalue weighted by molar-refractivity contribution is -0.126. The molecule has 7 heteroatoms. The number of oxazole rings is 1. The lowest BCUT2D eigenvalue weighted by atomic mass is 9.96. The van der Waals surface area contributed by atoms with Crippen molar-refractivity contribution in [1.29, 1.82) is 0 Å². The van der Waals surface area contributed by atoms with Crippen LogP contribution >= 0.6 is 11.6 Å². The van der Waals surface area contributed by atoms with Crippen molar-refractivity contribution in [3.05, 3.63) is 40.7 Å². The quantitative estimate of drug-likeness (QED) is 0.661. The van der Waals surface area contributed by atoms with E-state index in [1.165, 1.54) is 38.8 Å². The number of hydrogen-bond donors (Lipinski definition) is 1.